The lowest BCUT2D eigenvalue weighted by atomic mass is 10.2. The fourth-order valence-corrected chi connectivity index (χ4v) is 1.72. The number of aromatic nitrogens is 5. The molecule has 0 saturated heterocycles. The molecule has 8 heteroatoms. The molecule has 2 heterocycles. The Labute approximate surface area is 116 Å². The van der Waals surface area contributed by atoms with Crippen LogP contribution in [0, 0.1) is 6.92 Å². The Hall–Kier alpha value is -2.06. The van der Waals surface area contributed by atoms with Crippen molar-refractivity contribution >= 4 is 5.95 Å². The zero-order valence-electron chi connectivity index (χ0n) is 11.7. The fourth-order valence-electron chi connectivity index (χ4n) is 1.72. The molecule has 0 unspecified atom stereocenters. The normalized spacial score (nSPS) is 12.4. The van der Waals surface area contributed by atoms with Crippen LogP contribution in [0.25, 0.3) is 11.5 Å². The molecular weight excluding hydrogens is 260 g/mol. The molecule has 8 nitrogen and oxygen atoms in total. The molecule has 20 heavy (non-hydrogen) atoms. The van der Waals surface area contributed by atoms with E-state index in [9.17, 15) is 5.11 Å². The first-order valence-corrected chi connectivity index (χ1v) is 6.20. The van der Waals surface area contributed by atoms with Crippen molar-refractivity contribution in [2.75, 3.05) is 25.6 Å². The van der Waals surface area contributed by atoms with E-state index in [1.807, 2.05) is 6.92 Å². The van der Waals surface area contributed by atoms with E-state index in [-0.39, 0.29) is 6.61 Å². The van der Waals surface area contributed by atoms with Gasteiger partial charge >= 0.3 is 0 Å². The van der Waals surface area contributed by atoms with Crippen LogP contribution in [0.15, 0.2) is 12.5 Å². The standard InChI is InChI=1S/C12H18N6O2/c1-8-4-13-12(14-5-9(19)6-20-3)17-10(8)11-15-7-16-18(11)2/h4,7,9,19H,5-6H2,1-3H3,(H,13,14,17)/t9-/m1/s1. The van der Waals surface area contributed by atoms with Crippen molar-refractivity contribution in [1.29, 1.82) is 0 Å². The number of rotatable bonds is 6. The van der Waals surface area contributed by atoms with Crippen LogP contribution in [0.1, 0.15) is 5.56 Å². The molecule has 0 aliphatic rings. The average Bonchev–Trinajstić information content (AvgIpc) is 2.84. The number of nitrogens with zero attached hydrogens (tertiary/aromatic N) is 5. The number of aliphatic hydroxyl groups excluding tert-OH is 1. The first kappa shape index (κ1) is 14.4. The van der Waals surface area contributed by atoms with Gasteiger partial charge in [0.1, 0.15) is 12.0 Å². The number of hydrogen-bond acceptors (Lipinski definition) is 7. The summed E-state index contributed by atoms with van der Waals surface area (Å²) in [6.45, 7) is 2.48. The molecule has 2 N–H and O–H groups in total. The van der Waals surface area contributed by atoms with Gasteiger partial charge in [-0.1, -0.05) is 0 Å². The molecule has 0 aromatic carbocycles. The quantitative estimate of drug-likeness (QED) is 0.767. The van der Waals surface area contributed by atoms with Gasteiger partial charge in [0, 0.05) is 26.9 Å². The van der Waals surface area contributed by atoms with Crippen molar-refractivity contribution in [3.8, 4) is 11.5 Å². The van der Waals surface area contributed by atoms with Gasteiger partial charge in [-0.05, 0) is 12.5 Å². The van der Waals surface area contributed by atoms with E-state index in [1.54, 1.807) is 17.9 Å². The molecule has 2 aromatic heterocycles. The first-order chi connectivity index (χ1) is 9.61. The van der Waals surface area contributed by atoms with Gasteiger partial charge in [0.15, 0.2) is 5.82 Å². The Balaban J connectivity index is 2.15. The lowest BCUT2D eigenvalue weighted by Gasteiger charge is -2.11. The van der Waals surface area contributed by atoms with Gasteiger partial charge in [-0.25, -0.2) is 19.6 Å². The highest BCUT2D eigenvalue weighted by molar-refractivity contribution is 5.55. The van der Waals surface area contributed by atoms with Crippen LogP contribution >= 0.6 is 0 Å². The Morgan fingerprint density at radius 3 is 2.90 bits per heavy atom. The van der Waals surface area contributed by atoms with E-state index in [2.05, 4.69) is 25.4 Å². The molecule has 0 spiro atoms. The number of hydrogen-bond donors (Lipinski definition) is 2. The minimum absolute atomic E-state index is 0.259. The van der Waals surface area contributed by atoms with E-state index >= 15 is 0 Å². The van der Waals surface area contributed by atoms with Crippen molar-refractivity contribution in [3.05, 3.63) is 18.1 Å². The molecule has 0 aliphatic heterocycles. The molecule has 108 valence electrons. The molecule has 0 bridgehead atoms. The van der Waals surface area contributed by atoms with Crippen LogP contribution in [0.4, 0.5) is 5.95 Å². The molecule has 0 aliphatic carbocycles. The van der Waals surface area contributed by atoms with Crippen LogP contribution in [0.3, 0.4) is 0 Å². The Morgan fingerprint density at radius 2 is 2.25 bits per heavy atom. The SMILES string of the molecule is COC[C@H](O)CNc1ncc(C)c(-c2ncnn2C)n1. The molecule has 0 fully saturated rings. The molecule has 2 rings (SSSR count). The maximum absolute atomic E-state index is 9.59. The zero-order chi connectivity index (χ0) is 14.5. The van der Waals surface area contributed by atoms with Crippen LogP contribution in [-0.4, -0.2) is 56.2 Å². The largest absolute Gasteiger partial charge is 0.389 e. The van der Waals surface area contributed by atoms with Crippen molar-refractivity contribution in [1.82, 2.24) is 24.7 Å². The third kappa shape index (κ3) is 3.28. The fraction of sp³-hybridized carbons (Fsp3) is 0.500. The summed E-state index contributed by atoms with van der Waals surface area (Å²) in [6.07, 6.45) is 2.58. The summed E-state index contributed by atoms with van der Waals surface area (Å²) < 4.78 is 6.51. The predicted octanol–water partition coefficient (Wildman–Crippen LogP) is -0.000280. The number of ether oxygens (including phenoxy) is 1. The minimum atomic E-state index is -0.608. The van der Waals surface area contributed by atoms with E-state index in [0.29, 0.717) is 24.0 Å². The van der Waals surface area contributed by atoms with E-state index in [4.69, 9.17) is 4.74 Å². The topological polar surface area (TPSA) is 98.0 Å². The molecule has 2 aromatic rings. The summed E-state index contributed by atoms with van der Waals surface area (Å²) in [6, 6.07) is 0. The second-order valence-electron chi connectivity index (χ2n) is 4.42. The molecule has 1 atom stereocenters. The van der Waals surface area contributed by atoms with Gasteiger partial charge in [-0.3, -0.25) is 0 Å². The van der Waals surface area contributed by atoms with Gasteiger partial charge < -0.3 is 15.2 Å². The van der Waals surface area contributed by atoms with Crippen LogP contribution in [0.2, 0.25) is 0 Å². The lowest BCUT2D eigenvalue weighted by Crippen LogP contribution is -2.25. The third-order valence-corrected chi connectivity index (χ3v) is 2.75. The second-order valence-corrected chi connectivity index (χ2v) is 4.42. The minimum Gasteiger partial charge on any atom is -0.389 e. The van der Waals surface area contributed by atoms with Crippen LogP contribution < -0.4 is 5.32 Å². The van der Waals surface area contributed by atoms with Gasteiger partial charge in [0.05, 0.1) is 12.7 Å². The van der Waals surface area contributed by atoms with Crippen LogP contribution in [0.5, 0.6) is 0 Å². The van der Waals surface area contributed by atoms with E-state index < -0.39 is 6.10 Å². The molecule has 0 radical (unpaired) electrons. The lowest BCUT2D eigenvalue weighted by molar-refractivity contribution is 0.0726. The highest BCUT2D eigenvalue weighted by atomic mass is 16.5. The Bertz CT molecular complexity index is 571. The number of aliphatic hydroxyl groups is 1. The highest BCUT2D eigenvalue weighted by Gasteiger charge is 2.12. The summed E-state index contributed by atoms with van der Waals surface area (Å²) in [5.41, 5.74) is 1.62. The summed E-state index contributed by atoms with van der Waals surface area (Å²) in [5.74, 6) is 1.11. The van der Waals surface area contributed by atoms with Crippen LogP contribution in [-0.2, 0) is 11.8 Å². The number of anilines is 1. The first-order valence-electron chi connectivity index (χ1n) is 6.20. The highest BCUT2D eigenvalue weighted by Crippen LogP contribution is 2.18. The summed E-state index contributed by atoms with van der Waals surface area (Å²) in [4.78, 5) is 12.8. The third-order valence-electron chi connectivity index (χ3n) is 2.75. The number of methoxy groups -OCH3 is 1. The van der Waals surface area contributed by atoms with Crippen molar-refractivity contribution in [2.24, 2.45) is 7.05 Å². The number of aryl methyl sites for hydroxylation is 2. The number of nitrogens with one attached hydrogen (secondary N) is 1. The monoisotopic (exact) mass is 278 g/mol. The molecular formula is C12H18N6O2. The maximum atomic E-state index is 9.59. The Morgan fingerprint density at radius 1 is 1.45 bits per heavy atom. The smallest absolute Gasteiger partial charge is 0.223 e. The molecule has 0 saturated carbocycles. The maximum Gasteiger partial charge on any atom is 0.223 e. The molecule has 0 amide bonds. The predicted molar refractivity (Wildman–Crippen MR) is 73.1 cm³/mol. The Kier molecular flexibility index (Phi) is 4.59. The van der Waals surface area contributed by atoms with Crippen molar-refractivity contribution < 1.29 is 9.84 Å². The van der Waals surface area contributed by atoms with Gasteiger partial charge in [-0.2, -0.15) is 5.10 Å². The summed E-state index contributed by atoms with van der Waals surface area (Å²) >= 11 is 0. The van der Waals surface area contributed by atoms with Gasteiger partial charge in [0.25, 0.3) is 0 Å². The average molecular weight is 278 g/mol. The van der Waals surface area contributed by atoms with Gasteiger partial charge in [0.2, 0.25) is 5.95 Å². The van der Waals surface area contributed by atoms with E-state index in [1.165, 1.54) is 13.4 Å². The van der Waals surface area contributed by atoms with Crippen molar-refractivity contribution in [3.63, 3.8) is 0 Å². The summed E-state index contributed by atoms with van der Waals surface area (Å²) in [5, 5.41) is 16.6. The van der Waals surface area contributed by atoms with Gasteiger partial charge in [-0.15, -0.1) is 0 Å². The zero-order valence-corrected chi connectivity index (χ0v) is 11.7. The second kappa shape index (κ2) is 6.40. The summed E-state index contributed by atoms with van der Waals surface area (Å²) in [7, 11) is 3.34. The van der Waals surface area contributed by atoms with Crippen molar-refractivity contribution in [2.45, 2.75) is 13.0 Å². The van der Waals surface area contributed by atoms with E-state index in [0.717, 1.165) is 5.56 Å².